The number of nitrogens with zero attached hydrogens (tertiary/aromatic N) is 2. The quantitative estimate of drug-likeness (QED) is 0.702. The van der Waals surface area contributed by atoms with Gasteiger partial charge in [0, 0.05) is 19.2 Å². The molecule has 1 heterocycles. The van der Waals surface area contributed by atoms with Crippen LogP contribution in [0.5, 0.6) is 0 Å². The monoisotopic (exact) mass is 365 g/mol. The Kier molecular flexibility index (Phi) is 5.33. The minimum atomic E-state index is -0.677. The normalized spacial score (nSPS) is 11.7. The average Bonchev–Trinajstić information content (AvgIpc) is 2.91. The molecule has 5 nitrogen and oxygen atoms in total. The molecule has 0 aliphatic carbocycles. The highest BCUT2D eigenvalue weighted by molar-refractivity contribution is 5.94. The molecule has 0 saturated carbocycles. The van der Waals surface area contributed by atoms with E-state index in [1.54, 1.807) is 13.8 Å². The van der Waals surface area contributed by atoms with E-state index in [-0.39, 0.29) is 5.91 Å². The molecule has 0 unspecified atom stereocenters. The Balaban J connectivity index is 1.60. The first-order valence-electron chi connectivity index (χ1n) is 9.24. The van der Waals surface area contributed by atoms with Crippen LogP contribution < -0.4 is 5.32 Å². The fourth-order valence-corrected chi connectivity index (χ4v) is 3.03. The van der Waals surface area contributed by atoms with Crippen molar-refractivity contribution in [3.8, 4) is 0 Å². The minimum absolute atomic E-state index is 0.0960. The van der Waals surface area contributed by atoms with E-state index in [1.807, 2.05) is 56.4 Å². The smallest absolute Gasteiger partial charge is 0.251 e. The Morgan fingerprint density at radius 1 is 1.15 bits per heavy atom. The van der Waals surface area contributed by atoms with Gasteiger partial charge in [-0.05, 0) is 69.0 Å². The van der Waals surface area contributed by atoms with Crippen LogP contribution in [0.25, 0.3) is 11.0 Å². The zero-order chi connectivity index (χ0) is 19.6. The summed E-state index contributed by atoms with van der Waals surface area (Å²) in [4.78, 5) is 16.9. The summed E-state index contributed by atoms with van der Waals surface area (Å²) in [5.74, 6) is 0.872. The van der Waals surface area contributed by atoms with Crippen molar-refractivity contribution in [3.63, 3.8) is 0 Å². The largest absolute Gasteiger partial charge is 0.390 e. The lowest BCUT2D eigenvalue weighted by molar-refractivity contribution is 0.0713. The first kappa shape index (κ1) is 19.1. The van der Waals surface area contributed by atoms with E-state index < -0.39 is 5.60 Å². The molecule has 3 rings (SSSR count). The Morgan fingerprint density at radius 3 is 2.48 bits per heavy atom. The summed E-state index contributed by atoms with van der Waals surface area (Å²) in [6.07, 6.45) is 1.48. The first-order valence-corrected chi connectivity index (χ1v) is 9.24. The lowest BCUT2D eigenvalue weighted by Gasteiger charge is -2.16. The van der Waals surface area contributed by atoms with Gasteiger partial charge < -0.3 is 15.0 Å². The van der Waals surface area contributed by atoms with E-state index in [2.05, 4.69) is 14.9 Å². The predicted molar refractivity (Wildman–Crippen MR) is 108 cm³/mol. The van der Waals surface area contributed by atoms with Crippen LogP contribution in [0.1, 0.15) is 47.6 Å². The highest BCUT2D eigenvalue weighted by atomic mass is 16.3. The van der Waals surface area contributed by atoms with E-state index in [0.29, 0.717) is 18.5 Å². The predicted octanol–water partition coefficient (Wildman–Crippen LogP) is 3.52. The van der Waals surface area contributed by atoms with E-state index in [4.69, 9.17) is 0 Å². The van der Waals surface area contributed by atoms with Crippen LogP contribution in [0.3, 0.4) is 0 Å². The summed E-state index contributed by atoms with van der Waals surface area (Å²) < 4.78 is 2.05. The van der Waals surface area contributed by atoms with Crippen molar-refractivity contribution in [1.29, 1.82) is 0 Å². The molecule has 0 radical (unpaired) electrons. The number of aryl methyl sites for hydroxylation is 3. The molecule has 2 aromatic carbocycles. The molecule has 142 valence electrons. The lowest BCUT2D eigenvalue weighted by atomic mass is 9.98. The molecule has 1 aromatic heterocycles. The van der Waals surface area contributed by atoms with Crippen molar-refractivity contribution >= 4 is 16.9 Å². The van der Waals surface area contributed by atoms with Crippen molar-refractivity contribution in [2.45, 2.75) is 45.8 Å². The molecule has 0 fully saturated rings. The van der Waals surface area contributed by atoms with Gasteiger partial charge in [-0.3, -0.25) is 4.79 Å². The number of imidazole rings is 1. The number of carbonyl (C=O) groups excluding carboxylic acids is 1. The number of aromatic nitrogens is 2. The van der Waals surface area contributed by atoms with E-state index in [9.17, 15) is 9.90 Å². The second kappa shape index (κ2) is 7.53. The summed E-state index contributed by atoms with van der Waals surface area (Å²) >= 11 is 0. The van der Waals surface area contributed by atoms with E-state index in [1.165, 1.54) is 0 Å². The molecule has 0 aliphatic heterocycles. The van der Waals surface area contributed by atoms with Gasteiger partial charge in [0.15, 0.2) is 0 Å². The van der Waals surface area contributed by atoms with Gasteiger partial charge in [0.25, 0.3) is 5.91 Å². The van der Waals surface area contributed by atoms with Crippen LogP contribution in [-0.2, 0) is 20.0 Å². The number of hydrogen-bond donors (Lipinski definition) is 2. The fourth-order valence-electron chi connectivity index (χ4n) is 3.03. The maximum Gasteiger partial charge on any atom is 0.251 e. The standard InChI is InChI=1S/C22H27N3O2/c1-15-24-19-13-17(7-10-20(19)25(15)4)14-23-21(26)18-8-5-16(6-9-18)11-12-22(2,3)27/h5-10,13,27H,11-12,14H2,1-4H3,(H,23,26). The summed E-state index contributed by atoms with van der Waals surface area (Å²) in [7, 11) is 2.00. The van der Waals surface area contributed by atoms with Gasteiger partial charge in [-0.1, -0.05) is 18.2 Å². The molecule has 0 atom stereocenters. The van der Waals surface area contributed by atoms with Gasteiger partial charge in [0.1, 0.15) is 5.82 Å². The van der Waals surface area contributed by atoms with E-state index >= 15 is 0 Å². The summed E-state index contributed by atoms with van der Waals surface area (Å²) in [6, 6.07) is 13.6. The minimum Gasteiger partial charge on any atom is -0.390 e. The SMILES string of the molecule is Cc1nc2cc(CNC(=O)c3ccc(CCC(C)(C)O)cc3)ccc2n1C. The lowest BCUT2D eigenvalue weighted by Crippen LogP contribution is -2.22. The second-order valence-electron chi connectivity index (χ2n) is 7.73. The van der Waals surface area contributed by atoms with Gasteiger partial charge in [-0.2, -0.15) is 0 Å². The Bertz CT molecular complexity index is 950. The molecule has 2 N–H and O–H groups in total. The van der Waals surface area contributed by atoms with Crippen molar-refractivity contribution in [2.75, 3.05) is 0 Å². The summed E-state index contributed by atoms with van der Waals surface area (Å²) in [5, 5.41) is 12.8. The third kappa shape index (κ3) is 4.74. The highest BCUT2D eigenvalue weighted by Crippen LogP contribution is 2.17. The van der Waals surface area contributed by atoms with Crippen LogP contribution in [0.15, 0.2) is 42.5 Å². The highest BCUT2D eigenvalue weighted by Gasteiger charge is 2.12. The molecule has 1 amide bonds. The Hall–Kier alpha value is -2.66. The molecule has 0 saturated heterocycles. The van der Waals surface area contributed by atoms with Crippen LogP contribution in [-0.4, -0.2) is 26.2 Å². The Labute approximate surface area is 160 Å². The fraction of sp³-hybridized carbons (Fsp3) is 0.364. The van der Waals surface area contributed by atoms with Crippen LogP contribution in [0, 0.1) is 6.92 Å². The van der Waals surface area contributed by atoms with Gasteiger partial charge in [0.2, 0.25) is 0 Å². The van der Waals surface area contributed by atoms with Crippen molar-refractivity contribution in [1.82, 2.24) is 14.9 Å². The zero-order valence-electron chi connectivity index (χ0n) is 16.4. The number of hydrogen-bond acceptors (Lipinski definition) is 3. The van der Waals surface area contributed by atoms with E-state index in [0.717, 1.165) is 34.4 Å². The number of carbonyl (C=O) groups is 1. The second-order valence-corrected chi connectivity index (χ2v) is 7.73. The average molecular weight is 365 g/mol. The molecule has 5 heteroatoms. The third-order valence-corrected chi connectivity index (χ3v) is 4.86. The van der Waals surface area contributed by atoms with Crippen LogP contribution >= 0.6 is 0 Å². The molecule has 0 spiro atoms. The maximum atomic E-state index is 12.4. The first-order chi connectivity index (χ1) is 12.7. The molecular formula is C22H27N3O2. The number of amides is 1. The number of rotatable bonds is 6. The van der Waals surface area contributed by atoms with Gasteiger partial charge in [0.05, 0.1) is 16.6 Å². The van der Waals surface area contributed by atoms with Gasteiger partial charge in [-0.25, -0.2) is 4.98 Å². The number of benzene rings is 2. The number of fused-ring (bicyclic) bond motifs is 1. The van der Waals surface area contributed by atoms with Crippen molar-refractivity contribution in [3.05, 3.63) is 65.0 Å². The summed E-state index contributed by atoms with van der Waals surface area (Å²) in [6.45, 7) is 6.05. The number of aliphatic hydroxyl groups is 1. The molecule has 27 heavy (non-hydrogen) atoms. The van der Waals surface area contributed by atoms with Gasteiger partial charge in [-0.15, -0.1) is 0 Å². The summed E-state index contributed by atoms with van der Waals surface area (Å²) in [5.41, 5.74) is 4.13. The number of nitrogens with one attached hydrogen (secondary N) is 1. The van der Waals surface area contributed by atoms with Crippen LogP contribution in [0.4, 0.5) is 0 Å². The topological polar surface area (TPSA) is 67.2 Å². The van der Waals surface area contributed by atoms with Crippen LogP contribution in [0.2, 0.25) is 0 Å². The third-order valence-electron chi connectivity index (χ3n) is 4.86. The maximum absolute atomic E-state index is 12.4. The molecule has 0 bridgehead atoms. The van der Waals surface area contributed by atoms with Gasteiger partial charge >= 0.3 is 0 Å². The van der Waals surface area contributed by atoms with Crippen molar-refractivity contribution < 1.29 is 9.90 Å². The Morgan fingerprint density at radius 2 is 1.81 bits per heavy atom. The molecular weight excluding hydrogens is 338 g/mol. The molecule has 0 aliphatic rings. The molecule has 3 aromatic rings. The zero-order valence-corrected chi connectivity index (χ0v) is 16.4. The van der Waals surface area contributed by atoms with Crippen molar-refractivity contribution in [2.24, 2.45) is 7.05 Å².